The van der Waals surface area contributed by atoms with E-state index in [0.29, 0.717) is 27.8 Å². The molecule has 2 aromatic carbocycles. The lowest BCUT2D eigenvalue weighted by molar-refractivity contribution is 0.0843. The Hall–Kier alpha value is -3.52. The van der Waals surface area contributed by atoms with Crippen molar-refractivity contribution < 1.29 is 19.1 Å². The lowest BCUT2D eigenvalue weighted by atomic mass is 10.2. The lowest BCUT2D eigenvalue weighted by Crippen LogP contribution is -2.41. The third-order valence-corrected chi connectivity index (χ3v) is 4.16. The fraction of sp³-hybridized carbons (Fsp3) is 0.0556. The number of benzene rings is 2. The monoisotopic (exact) mass is 384 g/mol. The third-order valence-electron chi connectivity index (χ3n) is 3.85. The molecule has 2 amide bonds. The molecule has 0 fully saturated rings. The van der Waals surface area contributed by atoms with E-state index in [1.54, 1.807) is 36.5 Å². The van der Waals surface area contributed by atoms with Crippen molar-refractivity contribution in [2.24, 2.45) is 0 Å². The highest BCUT2D eigenvalue weighted by Gasteiger charge is 2.17. The fourth-order valence-electron chi connectivity index (χ4n) is 2.50. The van der Waals surface area contributed by atoms with Gasteiger partial charge in [-0.3, -0.25) is 20.4 Å². The molecule has 1 aromatic heterocycles. The molecule has 0 saturated carbocycles. The number of halogens is 1. The molecule has 136 valence electrons. The molecule has 8 nitrogen and oxygen atoms in total. The van der Waals surface area contributed by atoms with Crippen LogP contribution in [0.3, 0.4) is 0 Å². The van der Waals surface area contributed by atoms with E-state index in [-0.39, 0.29) is 12.5 Å². The summed E-state index contributed by atoms with van der Waals surface area (Å²) < 4.78 is 11.9. The summed E-state index contributed by atoms with van der Waals surface area (Å²) in [5.74, 6) is -0.00441. The van der Waals surface area contributed by atoms with Crippen molar-refractivity contribution in [3.05, 3.63) is 71.0 Å². The highest BCUT2D eigenvalue weighted by molar-refractivity contribution is 6.32. The summed E-state index contributed by atoms with van der Waals surface area (Å²) >= 11 is 6.12. The van der Waals surface area contributed by atoms with Crippen LogP contribution in [0.5, 0.6) is 11.5 Å². The van der Waals surface area contributed by atoms with E-state index in [4.69, 9.17) is 21.1 Å². The smallest absolute Gasteiger partial charge is 0.290 e. The van der Waals surface area contributed by atoms with E-state index < -0.39 is 11.8 Å². The Bertz CT molecular complexity index is 1030. The maximum atomic E-state index is 12.2. The largest absolute Gasteiger partial charge is 0.454 e. The molecule has 2 N–H and O–H groups in total. The standard InChI is InChI=1S/C18H13ClN4O4/c19-12-3-1-2-4-14(12)23-8-7-13(22-23)18(25)21-20-17(24)11-5-6-15-16(9-11)27-10-26-15/h1-9H,10H2,(H,20,24)(H,21,25). The maximum Gasteiger partial charge on any atom is 0.290 e. The Balaban J connectivity index is 1.41. The van der Waals surface area contributed by atoms with Crippen LogP contribution in [0, 0.1) is 0 Å². The third kappa shape index (κ3) is 3.42. The molecule has 0 atom stereocenters. The average Bonchev–Trinajstić information content (AvgIpc) is 3.35. The average molecular weight is 385 g/mol. The molecule has 0 spiro atoms. The summed E-state index contributed by atoms with van der Waals surface area (Å²) in [4.78, 5) is 24.4. The van der Waals surface area contributed by atoms with Gasteiger partial charge in [-0.1, -0.05) is 23.7 Å². The predicted molar refractivity (Wildman–Crippen MR) is 96.1 cm³/mol. The van der Waals surface area contributed by atoms with Crippen molar-refractivity contribution in [3.63, 3.8) is 0 Å². The molecule has 0 aliphatic carbocycles. The molecule has 0 radical (unpaired) electrons. The number of carbonyl (C=O) groups is 2. The van der Waals surface area contributed by atoms with E-state index in [1.807, 2.05) is 6.07 Å². The first-order valence-corrected chi connectivity index (χ1v) is 8.30. The van der Waals surface area contributed by atoms with E-state index in [9.17, 15) is 9.59 Å². The zero-order valence-corrected chi connectivity index (χ0v) is 14.6. The minimum Gasteiger partial charge on any atom is -0.454 e. The first-order valence-electron chi connectivity index (χ1n) is 7.93. The number of nitrogens with one attached hydrogen (secondary N) is 2. The van der Waals surface area contributed by atoms with Crippen molar-refractivity contribution in [2.45, 2.75) is 0 Å². The minimum absolute atomic E-state index is 0.116. The molecule has 0 unspecified atom stereocenters. The van der Waals surface area contributed by atoms with Gasteiger partial charge < -0.3 is 9.47 Å². The molecular weight excluding hydrogens is 372 g/mol. The number of nitrogens with zero attached hydrogens (tertiary/aromatic N) is 2. The van der Waals surface area contributed by atoms with Crippen LogP contribution in [0.4, 0.5) is 0 Å². The van der Waals surface area contributed by atoms with Crippen LogP contribution < -0.4 is 20.3 Å². The molecule has 1 aliphatic rings. The molecule has 27 heavy (non-hydrogen) atoms. The summed E-state index contributed by atoms with van der Waals surface area (Å²) in [6.07, 6.45) is 1.61. The number of amides is 2. The Labute approximate surface area is 158 Å². The van der Waals surface area contributed by atoms with Gasteiger partial charge >= 0.3 is 0 Å². The van der Waals surface area contributed by atoms with Gasteiger partial charge in [0.2, 0.25) is 6.79 Å². The molecule has 2 heterocycles. The van der Waals surface area contributed by atoms with Gasteiger partial charge in [0, 0.05) is 11.8 Å². The van der Waals surface area contributed by atoms with Crippen LogP contribution in [0.25, 0.3) is 5.69 Å². The van der Waals surface area contributed by atoms with Gasteiger partial charge in [-0.15, -0.1) is 0 Å². The molecule has 1 aliphatic heterocycles. The van der Waals surface area contributed by atoms with E-state index >= 15 is 0 Å². The number of para-hydroxylation sites is 1. The Morgan fingerprint density at radius 2 is 1.78 bits per heavy atom. The second-order valence-electron chi connectivity index (χ2n) is 5.57. The highest BCUT2D eigenvalue weighted by atomic mass is 35.5. The van der Waals surface area contributed by atoms with Crippen molar-refractivity contribution in [1.82, 2.24) is 20.6 Å². The van der Waals surface area contributed by atoms with Crippen molar-refractivity contribution in [2.75, 3.05) is 6.79 Å². The van der Waals surface area contributed by atoms with Crippen LogP contribution in [-0.2, 0) is 0 Å². The predicted octanol–water partition coefficient (Wildman–Crippen LogP) is 2.33. The molecule has 0 saturated heterocycles. The van der Waals surface area contributed by atoms with Gasteiger partial charge in [0.15, 0.2) is 17.2 Å². The maximum absolute atomic E-state index is 12.2. The van der Waals surface area contributed by atoms with Crippen LogP contribution in [0.1, 0.15) is 20.8 Å². The molecule has 4 rings (SSSR count). The van der Waals surface area contributed by atoms with Gasteiger partial charge in [0.05, 0.1) is 10.7 Å². The SMILES string of the molecule is O=C(NNC(=O)c1ccn(-c2ccccc2Cl)n1)c1ccc2c(c1)OCO2. The summed E-state index contributed by atoms with van der Waals surface area (Å²) in [5.41, 5.74) is 5.75. The van der Waals surface area contributed by atoms with Crippen molar-refractivity contribution >= 4 is 23.4 Å². The second kappa shape index (κ2) is 7.00. The number of carbonyl (C=O) groups excluding carboxylic acids is 2. The number of hydrogen-bond acceptors (Lipinski definition) is 5. The quantitative estimate of drug-likeness (QED) is 0.676. The molecule has 9 heteroatoms. The molecular formula is C18H13ClN4O4. The van der Waals surface area contributed by atoms with E-state index in [0.717, 1.165) is 0 Å². The Morgan fingerprint density at radius 3 is 2.63 bits per heavy atom. The molecule has 0 bridgehead atoms. The Morgan fingerprint density at radius 1 is 1.00 bits per heavy atom. The van der Waals surface area contributed by atoms with Crippen LogP contribution in [0.15, 0.2) is 54.7 Å². The van der Waals surface area contributed by atoms with Crippen LogP contribution in [0.2, 0.25) is 5.02 Å². The zero-order valence-electron chi connectivity index (χ0n) is 13.8. The number of aromatic nitrogens is 2. The normalized spacial score (nSPS) is 11.9. The number of ether oxygens (including phenoxy) is 2. The van der Waals surface area contributed by atoms with E-state index in [2.05, 4.69) is 16.0 Å². The van der Waals surface area contributed by atoms with Crippen LogP contribution in [-0.4, -0.2) is 28.4 Å². The second-order valence-corrected chi connectivity index (χ2v) is 5.98. The van der Waals surface area contributed by atoms with E-state index in [1.165, 1.54) is 16.8 Å². The number of hydrogen-bond donors (Lipinski definition) is 2. The van der Waals surface area contributed by atoms with Crippen LogP contribution >= 0.6 is 11.6 Å². The highest BCUT2D eigenvalue weighted by Crippen LogP contribution is 2.32. The summed E-state index contributed by atoms with van der Waals surface area (Å²) in [7, 11) is 0. The topological polar surface area (TPSA) is 94.5 Å². The summed E-state index contributed by atoms with van der Waals surface area (Å²) in [6, 6.07) is 13.4. The van der Waals surface area contributed by atoms with Gasteiger partial charge in [-0.25, -0.2) is 4.68 Å². The molecule has 3 aromatic rings. The number of rotatable bonds is 3. The van der Waals surface area contributed by atoms with Gasteiger partial charge in [0.25, 0.3) is 11.8 Å². The summed E-state index contributed by atoms with van der Waals surface area (Å²) in [6.45, 7) is 0.116. The summed E-state index contributed by atoms with van der Waals surface area (Å²) in [5, 5.41) is 4.67. The fourth-order valence-corrected chi connectivity index (χ4v) is 2.73. The van der Waals surface area contributed by atoms with Crippen molar-refractivity contribution in [3.8, 4) is 17.2 Å². The lowest BCUT2D eigenvalue weighted by Gasteiger charge is -2.07. The number of hydrazine groups is 1. The zero-order chi connectivity index (χ0) is 18.8. The van der Waals surface area contributed by atoms with Gasteiger partial charge in [-0.2, -0.15) is 5.10 Å². The van der Waals surface area contributed by atoms with Crippen molar-refractivity contribution in [1.29, 1.82) is 0 Å². The number of fused-ring (bicyclic) bond motifs is 1. The first kappa shape index (κ1) is 16.9. The van der Waals surface area contributed by atoms with Gasteiger partial charge in [-0.05, 0) is 36.4 Å². The van der Waals surface area contributed by atoms with Gasteiger partial charge in [0.1, 0.15) is 0 Å². The minimum atomic E-state index is -0.560. The first-order chi connectivity index (χ1) is 13.1. The Kier molecular flexibility index (Phi) is 4.39.